The lowest BCUT2D eigenvalue weighted by Gasteiger charge is -1.97. The third-order valence-corrected chi connectivity index (χ3v) is 1.20. The van der Waals surface area contributed by atoms with Crippen LogP contribution in [-0.4, -0.2) is 4.98 Å². The zero-order valence-electron chi connectivity index (χ0n) is 5.87. The molecule has 2 N–H and O–H groups in total. The molecule has 0 spiro atoms. The van der Waals surface area contributed by atoms with Crippen molar-refractivity contribution in [2.24, 2.45) is 5.90 Å². The van der Waals surface area contributed by atoms with Crippen LogP contribution in [0.5, 0.6) is 0 Å². The average Bonchev–Trinajstić information content (AvgIpc) is 1.88. The molecule has 1 aromatic rings. The van der Waals surface area contributed by atoms with E-state index in [1.54, 1.807) is 6.20 Å². The van der Waals surface area contributed by atoms with Gasteiger partial charge in [0.25, 0.3) is 0 Å². The molecule has 1 aromatic heterocycles. The third-order valence-electron chi connectivity index (χ3n) is 1.20. The van der Waals surface area contributed by atoms with Crippen LogP contribution in [0.1, 0.15) is 11.3 Å². The molecule has 54 valence electrons. The second-order valence-corrected chi connectivity index (χ2v) is 2.14. The molecule has 0 unspecified atom stereocenters. The van der Waals surface area contributed by atoms with Gasteiger partial charge >= 0.3 is 0 Å². The number of hydrogen-bond donors (Lipinski definition) is 1. The van der Waals surface area contributed by atoms with Gasteiger partial charge in [-0.05, 0) is 24.6 Å². The quantitative estimate of drug-likeness (QED) is 0.614. The van der Waals surface area contributed by atoms with E-state index in [1.807, 2.05) is 19.1 Å². The first-order valence-corrected chi connectivity index (χ1v) is 3.06. The molecule has 3 heteroatoms. The minimum absolute atomic E-state index is 0.377. The van der Waals surface area contributed by atoms with Crippen molar-refractivity contribution in [1.29, 1.82) is 0 Å². The molecule has 1 rings (SSSR count). The van der Waals surface area contributed by atoms with Gasteiger partial charge in [-0.15, -0.1) is 0 Å². The maximum Gasteiger partial charge on any atom is 0.110 e. The number of nitrogens with two attached hydrogens (primary N) is 1. The van der Waals surface area contributed by atoms with Crippen LogP contribution in [0.2, 0.25) is 0 Å². The van der Waals surface area contributed by atoms with E-state index in [1.165, 1.54) is 5.56 Å². The summed E-state index contributed by atoms with van der Waals surface area (Å²) in [4.78, 5) is 8.44. The Hall–Kier alpha value is -0.930. The SMILES string of the molecule is Cc1ccnc(CON)c1. The highest BCUT2D eigenvalue weighted by molar-refractivity contribution is 5.13. The first kappa shape index (κ1) is 7.18. The lowest BCUT2D eigenvalue weighted by Crippen LogP contribution is -2.00. The number of aromatic nitrogens is 1. The van der Waals surface area contributed by atoms with E-state index in [9.17, 15) is 0 Å². The van der Waals surface area contributed by atoms with E-state index >= 15 is 0 Å². The molecular formula is C7H10N2O. The van der Waals surface area contributed by atoms with Crippen molar-refractivity contribution >= 4 is 0 Å². The number of nitrogens with zero attached hydrogens (tertiary/aromatic N) is 1. The molecule has 10 heavy (non-hydrogen) atoms. The van der Waals surface area contributed by atoms with E-state index in [-0.39, 0.29) is 0 Å². The summed E-state index contributed by atoms with van der Waals surface area (Å²) in [6, 6.07) is 3.87. The fraction of sp³-hybridized carbons (Fsp3) is 0.286. The molecule has 0 saturated heterocycles. The van der Waals surface area contributed by atoms with Crippen LogP contribution in [0.25, 0.3) is 0 Å². The molecule has 3 nitrogen and oxygen atoms in total. The summed E-state index contributed by atoms with van der Waals surface area (Å²) < 4.78 is 0. The minimum atomic E-state index is 0.377. The second kappa shape index (κ2) is 3.29. The van der Waals surface area contributed by atoms with Crippen LogP contribution in [0.15, 0.2) is 18.3 Å². The van der Waals surface area contributed by atoms with Crippen LogP contribution in [0.3, 0.4) is 0 Å². The number of rotatable bonds is 2. The number of hydrogen-bond acceptors (Lipinski definition) is 3. The first-order valence-electron chi connectivity index (χ1n) is 3.06. The molecule has 0 bridgehead atoms. The van der Waals surface area contributed by atoms with Crippen molar-refractivity contribution in [3.63, 3.8) is 0 Å². The molecule has 1 heterocycles. The topological polar surface area (TPSA) is 48.1 Å². The summed E-state index contributed by atoms with van der Waals surface area (Å²) in [6.07, 6.45) is 1.74. The van der Waals surface area contributed by atoms with E-state index in [0.717, 1.165) is 5.69 Å². The molecule has 0 radical (unpaired) electrons. The van der Waals surface area contributed by atoms with Crippen molar-refractivity contribution < 1.29 is 4.84 Å². The monoisotopic (exact) mass is 138 g/mol. The zero-order chi connectivity index (χ0) is 7.40. The molecule has 0 aliphatic carbocycles. The summed E-state index contributed by atoms with van der Waals surface area (Å²) in [6.45, 7) is 2.38. The normalized spacial score (nSPS) is 9.80. The van der Waals surface area contributed by atoms with E-state index in [2.05, 4.69) is 9.82 Å². The Morgan fingerprint density at radius 2 is 2.50 bits per heavy atom. The highest BCUT2D eigenvalue weighted by atomic mass is 16.6. The molecule has 0 aliphatic heterocycles. The summed E-state index contributed by atoms with van der Waals surface area (Å²) in [5.74, 6) is 4.87. The Labute approximate surface area is 59.8 Å². The van der Waals surface area contributed by atoms with E-state index in [0.29, 0.717) is 6.61 Å². The second-order valence-electron chi connectivity index (χ2n) is 2.14. The molecular weight excluding hydrogens is 128 g/mol. The first-order chi connectivity index (χ1) is 4.83. The number of pyridine rings is 1. The smallest absolute Gasteiger partial charge is 0.110 e. The van der Waals surface area contributed by atoms with Gasteiger partial charge in [0.15, 0.2) is 0 Å². The van der Waals surface area contributed by atoms with Gasteiger partial charge in [0.05, 0.1) is 5.69 Å². The summed E-state index contributed by atoms with van der Waals surface area (Å²) in [7, 11) is 0. The third kappa shape index (κ3) is 1.79. The summed E-state index contributed by atoms with van der Waals surface area (Å²) >= 11 is 0. The Kier molecular flexibility index (Phi) is 2.36. The zero-order valence-corrected chi connectivity index (χ0v) is 5.87. The lowest BCUT2D eigenvalue weighted by atomic mass is 10.2. The predicted octanol–water partition coefficient (Wildman–Crippen LogP) is 0.780. The fourth-order valence-corrected chi connectivity index (χ4v) is 0.763. The van der Waals surface area contributed by atoms with Crippen LogP contribution >= 0.6 is 0 Å². The van der Waals surface area contributed by atoms with Gasteiger partial charge < -0.3 is 0 Å². The van der Waals surface area contributed by atoms with E-state index < -0.39 is 0 Å². The molecule has 0 atom stereocenters. The van der Waals surface area contributed by atoms with Crippen molar-refractivity contribution in [1.82, 2.24) is 4.98 Å². The molecule has 0 saturated carbocycles. The Bertz CT molecular complexity index is 213. The summed E-state index contributed by atoms with van der Waals surface area (Å²) in [5.41, 5.74) is 2.03. The average molecular weight is 138 g/mol. The Morgan fingerprint density at radius 3 is 3.10 bits per heavy atom. The van der Waals surface area contributed by atoms with Gasteiger partial charge in [-0.25, -0.2) is 5.90 Å². The molecule has 0 aliphatic rings. The van der Waals surface area contributed by atoms with Crippen LogP contribution in [0.4, 0.5) is 0 Å². The number of aryl methyl sites for hydroxylation is 1. The van der Waals surface area contributed by atoms with Crippen LogP contribution in [-0.2, 0) is 11.4 Å². The van der Waals surface area contributed by atoms with Crippen LogP contribution in [0, 0.1) is 6.92 Å². The van der Waals surface area contributed by atoms with Crippen molar-refractivity contribution in [3.05, 3.63) is 29.6 Å². The van der Waals surface area contributed by atoms with Gasteiger partial charge in [0.1, 0.15) is 6.61 Å². The van der Waals surface area contributed by atoms with Crippen LogP contribution < -0.4 is 5.90 Å². The standard InChI is InChI=1S/C7H10N2O/c1-6-2-3-9-7(4-6)5-10-8/h2-4H,5,8H2,1H3. The highest BCUT2D eigenvalue weighted by Crippen LogP contribution is 1.99. The lowest BCUT2D eigenvalue weighted by molar-refractivity contribution is 0.121. The van der Waals surface area contributed by atoms with Gasteiger partial charge in [0.2, 0.25) is 0 Å². The molecule has 0 fully saturated rings. The van der Waals surface area contributed by atoms with Crippen molar-refractivity contribution in [3.8, 4) is 0 Å². The summed E-state index contributed by atoms with van der Waals surface area (Å²) in [5, 5.41) is 0. The highest BCUT2D eigenvalue weighted by Gasteiger charge is 1.91. The van der Waals surface area contributed by atoms with Gasteiger partial charge in [-0.2, -0.15) is 0 Å². The molecule has 0 aromatic carbocycles. The van der Waals surface area contributed by atoms with Crippen molar-refractivity contribution in [2.45, 2.75) is 13.5 Å². The predicted molar refractivity (Wildman–Crippen MR) is 38.0 cm³/mol. The van der Waals surface area contributed by atoms with Crippen molar-refractivity contribution in [2.75, 3.05) is 0 Å². The largest absolute Gasteiger partial charge is 0.298 e. The molecule has 0 amide bonds. The Morgan fingerprint density at radius 1 is 1.70 bits per heavy atom. The maximum atomic E-state index is 4.87. The fourth-order valence-electron chi connectivity index (χ4n) is 0.763. The van der Waals surface area contributed by atoms with Gasteiger partial charge in [-0.1, -0.05) is 0 Å². The van der Waals surface area contributed by atoms with Gasteiger partial charge in [0, 0.05) is 6.20 Å². The minimum Gasteiger partial charge on any atom is -0.298 e. The Balaban J connectivity index is 2.75. The maximum absolute atomic E-state index is 4.87. The van der Waals surface area contributed by atoms with Gasteiger partial charge in [-0.3, -0.25) is 9.82 Å². The van der Waals surface area contributed by atoms with E-state index in [4.69, 9.17) is 5.90 Å².